The van der Waals surface area contributed by atoms with Gasteiger partial charge in [0.1, 0.15) is 12.1 Å². The van der Waals surface area contributed by atoms with Gasteiger partial charge in [-0.1, -0.05) is 42.5 Å². The number of hydrogen-bond donors (Lipinski definition) is 1. The second kappa shape index (κ2) is 8.87. The third kappa shape index (κ3) is 3.67. The summed E-state index contributed by atoms with van der Waals surface area (Å²) in [6.45, 7) is 1.93. The normalized spacial score (nSPS) is 22.0. The molecular formula is C27H28N2O4S. The van der Waals surface area contributed by atoms with E-state index in [4.69, 9.17) is 9.47 Å². The zero-order valence-electron chi connectivity index (χ0n) is 19.2. The SMILES string of the molecule is COC(=O)C1CSc2c(C3CC3)c(Cc3cccc4ccccc34)c(C3CNCCO3)c(=O)n21. The Bertz CT molecular complexity index is 1320. The van der Waals surface area contributed by atoms with Crippen LogP contribution in [-0.2, 0) is 20.7 Å². The first-order valence-corrected chi connectivity index (χ1v) is 13.0. The quantitative estimate of drug-likeness (QED) is 0.563. The van der Waals surface area contributed by atoms with Crippen molar-refractivity contribution in [2.45, 2.75) is 42.4 Å². The van der Waals surface area contributed by atoms with E-state index in [0.717, 1.165) is 30.0 Å². The van der Waals surface area contributed by atoms with Crippen molar-refractivity contribution in [2.75, 3.05) is 32.6 Å². The Kier molecular flexibility index (Phi) is 5.71. The van der Waals surface area contributed by atoms with Crippen molar-refractivity contribution in [1.82, 2.24) is 9.88 Å². The first-order valence-electron chi connectivity index (χ1n) is 12.0. The van der Waals surface area contributed by atoms with E-state index in [1.165, 1.54) is 29.0 Å². The van der Waals surface area contributed by atoms with Gasteiger partial charge in [-0.05, 0) is 52.6 Å². The van der Waals surface area contributed by atoms with Crippen molar-refractivity contribution < 1.29 is 14.3 Å². The van der Waals surface area contributed by atoms with Crippen LogP contribution in [0.4, 0.5) is 0 Å². The average Bonchev–Trinajstić information content (AvgIpc) is 3.61. The fourth-order valence-electron chi connectivity index (χ4n) is 5.43. The van der Waals surface area contributed by atoms with Gasteiger partial charge in [-0.15, -0.1) is 11.8 Å². The van der Waals surface area contributed by atoms with Crippen LogP contribution in [0.25, 0.3) is 10.8 Å². The number of morpholine rings is 1. The highest BCUT2D eigenvalue weighted by Crippen LogP contribution is 2.50. The van der Waals surface area contributed by atoms with E-state index in [1.54, 1.807) is 16.3 Å². The number of fused-ring (bicyclic) bond motifs is 2. The molecule has 0 radical (unpaired) electrons. The minimum absolute atomic E-state index is 0.108. The molecule has 0 amide bonds. The molecule has 34 heavy (non-hydrogen) atoms. The lowest BCUT2D eigenvalue weighted by Gasteiger charge is -2.28. The maximum absolute atomic E-state index is 14.1. The van der Waals surface area contributed by atoms with Crippen molar-refractivity contribution in [3.8, 4) is 0 Å². The number of ether oxygens (including phenoxy) is 2. The van der Waals surface area contributed by atoms with Gasteiger partial charge in [0.15, 0.2) is 0 Å². The van der Waals surface area contributed by atoms with E-state index in [2.05, 4.69) is 47.8 Å². The Balaban J connectivity index is 1.59. The molecule has 2 aromatic carbocycles. The lowest BCUT2D eigenvalue weighted by atomic mass is 9.89. The maximum atomic E-state index is 14.1. The molecule has 2 unspecified atom stereocenters. The molecule has 3 aliphatic rings. The summed E-state index contributed by atoms with van der Waals surface area (Å²) in [4.78, 5) is 26.7. The zero-order valence-corrected chi connectivity index (χ0v) is 20.0. The number of methoxy groups -OCH3 is 1. The Hall–Kier alpha value is -2.61. The summed E-state index contributed by atoms with van der Waals surface area (Å²) in [7, 11) is 1.39. The molecule has 3 aromatic rings. The molecule has 6 rings (SSSR count). The highest BCUT2D eigenvalue weighted by atomic mass is 32.2. The van der Waals surface area contributed by atoms with Crippen molar-refractivity contribution in [2.24, 2.45) is 0 Å². The summed E-state index contributed by atoms with van der Waals surface area (Å²) in [5.74, 6) is 0.597. The summed E-state index contributed by atoms with van der Waals surface area (Å²) in [6, 6.07) is 14.2. The standard InChI is InChI=1S/C27H28N2O4S/c1-32-27(31)21-15-34-26-23(17-9-10-17)20(13-18-7-4-6-16-5-2-3-8-19(16)18)24(25(30)29(21)26)22-14-28-11-12-33-22/h2-8,17,21-22,28H,9-15H2,1H3. The predicted molar refractivity (Wildman–Crippen MR) is 133 cm³/mol. The lowest BCUT2D eigenvalue weighted by molar-refractivity contribution is -0.143. The largest absolute Gasteiger partial charge is 0.467 e. The van der Waals surface area contributed by atoms with Crippen LogP contribution in [0.15, 0.2) is 52.3 Å². The van der Waals surface area contributed by atoms with Crippen molar-refractivity contribution in [3.05, 3.63) is 75.1 Å². The number of carbonyl (C=O) groups is 1. The molecule has 0 bridgehead atoms. The molecule has 1 saturated heterocycles. The number of nitrogens with one attached hydrogen (secondary N) is 1. The van der Waals surface area contributed by atoms with Crippen LogP contribution < -0.4 is 10.9 Å². The van der Waals surface area contributed by atoms with Gasteiger partial charge < -0.3 is 14.8 Å². The summed E-state index contributed by atoms with van der Waals surface area (Å²) in [5, 5.41) is 6.74. The van der Waals surface area contributed by atoms with Crippen molar-refractivity contribution >= 4 is 28.5 Å². The number of thioether (sulfide) groups is 1. The minimum Gasteiger partial charge on any atom is -0.467 e. The van der Waals surface area contributed by atoms with Crippen molar-refractivity contribution in [1.29, 1.82) is 0 Å². The minimum atomic E-state index is -0.586. The molecule has 176 valence electrons. The number of hydrogen-bond acceptors (Lipinski definition) is 6. The van der Waals surface area contributed by atoms with Gasteiger partial charge in [0.25, 0.3) is 5.56 Å². The first-order chi connectivity index (χ1) is 16.7. The van der Waals surface area contributed by atoms with Gasteiger partial charge >= 0.3 is 5.97 Å². The van der Waals surface area contributed by atoms with Gasteiger partial charge in [0.2, 0.25) is 0 Å². The fraction of sp³-hybridized carbons (Fsp3) is 0.407. The van der Waals surface area contributed by atoms with Crippen LogP contribution in [-0.4, -0.2) is 43.1 Å². The van der Waals surface area contributed by atoms with E-state index in [1.807, 2.05) is 0 Å². The van der Waals surface area contributed by atoms with Crippen LogP contribution >= 0.6 is 11.8 Å². The van der Waals surface area contributed by atoms with Gasteiger partial charge in [-0.25, -0.2) is 4.79 Å². The molecule has 6 nitrogen and oxygen atoms in total. The zero-order chi connectivity index (χ0) is 23.2. The maximum Gasteiger partial charge on any atom is 0.329 e. The second-order valence-corrected chi connectivity index (χ2v) is 10.3. The molecule has 1 aromatic heterocycles. The van der Waals surface area contributed by atoms with E-state index in [0.29, 0.717) is 36.8 Å². The Morgan fingerprint density at radius 1 is 1.18 bits per heavy atom. The molecule has 7 heteroatoms. The van der Waals surface area contributed by atoms with Gasteiger partial charge in [0.05, 0.1) is 24.3 Å². The highest BCUT2D eigenvalue weighted by Gasteiger charge is 2.41. The average molecular weight is 477 g/mol. The predicted octanol–water partition coefficient (Wildman–Crippen LogP) is 3.95. The summed E-state index contributed by atoms with van der Waals surface area (Å²) < 4.78 is 12.9. The molecule has 0 spiro atoms. The van der Waals surface area contributed by atoms with E-state index in [-0.39, 0.29) is 17.6 Å². The van der Waals surface area contributed by atoms with Gasteiger partial charge in [0, 0.05) is 18.8 Å². The molecule has 1 N–H and O–H groups in total. The van der Waals surface area contributed by atoms with Crippen LogP contribution in [0.2, 0.25) is 0 Å². The Morgan fingerprint density at radius 3 is 2.76 bits per heavy atom. The number of carbonyl (C=O) groups excluding carboxylic acids is 1. The third-order valence-corrected chi connectivity index (χ3v) is 8.37. The lowest BCUT2D eigenvalue weighted by Crippen LogP contribution is -2.40. The molecule has 2 aliphatic heterocycles. The Labute approximate surface area is 202 Å². The number of rotatable bonds is 5. The third-order valence-electron chi connectivity index (χ3n) is 7.19. The van der Waals surface area contributed by atoms with E-state index < -0.39 is 6.04 Å². The van der Waals surface area contributed by atoms with Crippen LogP contribution in [0.1, 0.15) is 53.2 Å². The van der Waals surface area contributed by atoms with Crippen LogP contribution in [0, 0.1) is 0 Å². The molecule has 1 aliphatic carbocycles. The molecule has 2 fully saturated rings. The van der Waals surface area contributed by atoms with E-state index in [9.17, 15) is 9.59 Å². The summed E-state index contributed by atoms with van der Waals surface area (Å²) >= 11 is 1.62. The Morgan fingerprint density at radius 2 is 2.00 bits per heavy atom. The molecule has 2 atom stereocenters. The number of esters is 1. The smallest absolute Gasteiger partial charge is 0.329 e. The first kappa shape index (κ1) is 21.9. The second-order valence-electron chi connectivity index (χ2n) is 9.29. The molecule has 3 heterocycles. The number of pyridine rings is 1. The summed E-state index contributed by atoms with van der Waals surface area (Å²) in [6.07, 6.45) is 2.57. The number of aromatic nitrogens is 1. The fourth-order valence-corrected chi connectivity index (χ4v) is 6.83. The van der Waals surface area contributed by atoms with Crippen LogP contribution in [0.3, 0.4) is 0 Å². The monoisotopic (exact) mass is 476 g/mol. The molecular weight excluding hydrogens is 448 g/mol. The van der Waals surface area contributed by atoms with Crippen LogP contribution in [0.5, 0.6) is 0 Å². The van der Waals surface area contributed by atoms with E-state index >= 15 is 0 Å². The highest BCUT2D eigenvalue weighted by molar-refractivity contribution is 7.99. The van der Waals surface area contributed by atoms with Gasteiger partial charge in [-0.3, -0.25) is 9.36 Å². The van der Waals surface area contributed by atoms with Crippen molar-refractivity contribution in [3.63, 3.8) is 0 Å². The molecule has 1 saturated carbocycles. The summed E-state index contributed by atoms with van der Waals surface area (Å²) in [5.41, 5.74) is 4.16. The number of nitrogens with zero attached hydrogens (tertiary/aromatic N) is 1. The topological polar surface area (TPSA) is 69.6 Å². The van der Waals surface area contributed by atoms with Gasteiger partial charge in [-0.2, -0.15) is 0 Å². The number of benzene rings is 2.